The predicted octanol–water partition coefficient (Wildman–Crippen LogP) is -5.76. The number of methoxy groups -OCH3 is 1. The van der Waals surface area contributed by atoms with Gasteiger partial charge in [0.2, 0.25) is 0 Å². The second-order valence-corrected chi connectivity index (χ2v) is 12.4. The lowest BCUT2D eigenvalue weighted by Gasteiger charge is -2.47. The van der Waals surface area contributed by atoms with E-state index >= 15 is 0 Å². The van der Waals surface area contributed by atoms with Crippen molar-refractivity contribution < 1.29 is 83.6 Å². The summed E-state index contributed by atoms with van der Waals surface area (Å²) in [6.45, 7) is 0.595. The maximum atomic E-state index is 10.7. The Bertz CT molecular complexity index is 833. The maximum absolute atomic E-state index is 10.7. The monoisotopic (exact) mass is 632 g/mol. The van der Waals surface area contributed by atoms with Gasteiger partial charge in [-0.2, -0.15) is 0 Å². The van der Waals surface area contributed by atoms with Crippen LogP contribution in [0.15, 0.2) is 0 Å². The standard InChI is InChI=1S/C26H50NO16/c1-11-16(30)19(33)24(13(7-28)40-11)43-26-22(36)20(34)23(37-5)15(42-26)10-39-25-21(35)18(32)17(31)14(41-25)9-38-8-12(29)6-27(2,3)4/h11-26,28-36H,6-10H2,1-5H3/q+1/t11-,12?,13-,14?,15?,16?,17-,18-,19?,20+,21?,22?,23+,24+,25-,26-/m0/s1. The number of likely N-dealkylation sites (N-methyl/N-ethyl adjacent to an activating group) is 1. The summed E-state index contributed by atoms with van der Waals surface area (Å²) in [6.07, 6.45) is -21.6. The Morgan fingerprint density at radius 3 is 1.91 bits per heavy atom. The molecule has 0 aromatic rings. The van der Waals surface area contributed by atoms with Crippen molar-refractivity contribution in [1.29, 1.82) is 0 Å². The van der Waals surface area contributed by atoms with Crippen molar-refractivity contribution in [3.63, 3.8) is 0 Å². The Kier molecular flexibility index (Phi) is 13.5. The lowest BCUT2D eigenvalue weighted by atomic mass is 9.95. The number of nitrogens with zero attached hydrogens (tertiary/aromatic N) is 1. The van der Waals surface area contributed by atoms with Crippen molar-refractivity contribution in [2.24, 2.45) is 0 Å². The van der Waals surface area contributed by atoms with E-state index < -0.39 is 111 Å². The van der Waals surface area contributed by atoms with Gasteiger partial charge in [-0.15, -0.1) is 0 Å². The van der Waals surface area contributed by atoms with Gasteiger partial charge in [-0.3, -0.25) is 0 Å². The van der Waals surface area contributed by atoms with Gasteiger partial charge in [-0.25, -0.2) is 0 Å². The zero-order chi connectivity index (χ0) is 32.2. The summed E-state index contributed by atoms with van der Waals surface area (Å²) in [5.41, 5.74) is 0. The third-order valence-corrected chi connectivity index (χ3v) is 7.75. The normalized spacial score (nSPS) is 45.2. The Morgan fingerprint density at radius 2 is 1.30 bits per heavy atom. The molecule has 0 amide bonds. The van der Waals surface area contributed by atoms with E-state index in [1.54, 1.807) is 0 Å². The SMILES string of the molecule is CO[C@@H]1C(CO[C@H]2OC(COCC(O)C[N+](C)(C)C)[C@H](O)[C@H](O)C2O)O[C@@H](O[C@H]2C(O)C(O)[C@H](C)O[C@H]2CO)C(O)[C@H]1O. The molecule has 43 heavy (non-hydrogen) atoms. The van der Waals surface area contributed by atoms with E-state index in [4.69, 9.17) is 33.2 Å². The zero-order valence-corrected chi connectivity index (χ0v) is 25.1. The Balaban J connectivity index is 1.63. The number of ether oxygens (including phenoxy) is 7. The van der Waals surface area contributed by atoms with Crippen molar-refractivity contribution in [2.45, 2.75) is 105 Å². The molecule has 3 fully saturated rings. The Hall–Kier alpha value is -0.680. The lowest BCUT2D eigenvalue weighted by Crippen LogP contribution is -2.65. The number of hydrogen-bond donors (Lipinski definition) is 9. The molecule has 0 radical (unpaired) electrons. The molecule has 254 valence electrons. The van der Waals surface area contributed by atoms with Crippen molar-refractivity contribution in [2.75, 3.05) is 61.2 Å². The number of quaternary nitrogens is 1. The summed E-state index contributed by atoms with van der Waals surface area (Å²) in [7, 11) is 6.96. The highest BCUT2D eigenvalue weighted by Gasteiger charge is 2.51. The second kappa shape index (κ2) is 15.7. The van der Waals surface area contributed by atoms with Crippen LogP contribution in [0.3, 0.4) is 0 Å². The number of rotatable bonds is 13. The van der Waals surface area contributed by atoms with Gasteiger partial charge in [-0.1, -0.05) is 0 Å². The van der Waals surface area contributed by atoms with Crippen LogP contribution in [0.2, 0.25) is 0 Å². The molecule has 0 saturated carbocycles. The van der Waals surface area contributed by atoms with Crippen molar-refractivity contribution >= 4 is 0 Å². The average molecular weight is 633 g/mol. The minimum atomic E-state index is -1.69. The van der Waals surface area contributed by atoms with Crippen molar-refractivity contribution in [1.82, 2.24) is 0 Å². The van der Waals surface area contributed by atoms with Gasteiger partial charge < -0.3 is 83.6 Å². The van der Waals surface area contributed by atoms with E-state index in [-0.39, 0.29) is 13.2 Å². The zero-order valence-electron chi connectivity index (χ0n) is 25.1. The average Bonchev–Trinajstić information content (AvgIpc) is 2.94. The number of hydrogen-bond acceptors (Lipinski definition) is 16. The van der Waals surface area contributed by atoms with Gasteiger partial charge in [0.25, 0.3) is 0 Å². The highest BCUT2D eigenvalue weighted by molar-refractivity contribution is 4.96. The van der Waals surface area contributed by atoms with Gasteiger partial charge >= 0.3 is 0 Å². The maximum Gasteiger partial charge on any atom is 0.187 e. The quantitative estimate of drug-likeness (QED) is 0.0858. The largest absolute Gasteiger partial charge is 0.394 e. The highest BCUT2D eigenvalue weighted by Crippen LogP contribution is 2.31. The first-order valence-electron chi connectivity index (χ1n) is 14.3. The molecule has 7 unspecified atom stereocenters. The van der Waals surface area contributed by atoms with E-state index in [1.165, 1.54) is 14.0 Å². The molecule has 17 nitrogen and oxygen atoms in total. The van der Waals surface area contributed by atoms with Gasteiger partial charge in [0.15, 0.2) is 12.6 Å². The first-order chi connectivity index (χ1) is 20.1. The van der Waals surface area contributed by atoms with E-state index in [9.17, 15) is 46.0 Å². The fourth-order valence-electron chi connectivity index (χ4n) is 5.43. The molecule has 9 N–H and O–H groups in total. The summed E-state index contributed by atoms with van der Waals surface area (Å²) in [4.78, 5) is 0. The molecule has 0 bridgehead atoms. The molecule has 0 aromatic heterocycles. The van der Waals surface area contributed by atoms with E-state index in [0.717, 1.165) is 0 Å². The van der Waals surface area contributed by atoms with Crippen molar-refractivity contribution in [3.05, 3.63) is 0 Å². The minimum Gasteiger partial charge on any atom is -0.394 e. The summed E-state index contributed by atoms with van der Waals surface area (Å²) >= 11 is 0. The minimum absolute atomic E-state index is 0.0624. The van der Waals surface area contributed by atoms with E-state index in [0.29, 0.717) is 11.0 Å². The molecule has 0 spiro atoms. The van der Waals surface area contributed by atoms with Gasteiger partial charge in [-0.05, 0) is 6.92 Å². The predicted molar refractivity (Wildman–Crippen MR) is 142 cm³/mol. The van der Waals surface area contributed by atoms with Gasteiger partial charge in [0.1, 0.15) is 85.9 Å². The van der Waals surface area contributed by atoms with Crippen LogP contribution in [-0.4, -0.2) is 210 Å². The molecule has 0 aromatic carbocycles. The topological polar surface area (TPSA) is 247 Å². The fraction of sp³-hybridized carbons (Fsp3) is 1.00. The molecule has 3 heterocycles. The van der Waals surface area contributed by atoms with Crippen LogP contribution >= 0.6 is 0 Å². The van der Waals surface area contributed by atoms with Gasteiger partial charge in [0.05, 0.1) is 53.7 Å². The summed E-state index contributed by atoms with van der Waals surface area (Å²) < 4.78 is 39.6. The summed E-state index contributed by atoms with van der Waals surface area (Å²) in [5, 5.41) is 93.3. The van der Waals surface area contributed by atoms with Crippen LogP contribution in [0.25, 0.3) is 0 Å². The number of aliphatic hydroxyl groups excluding tert-OH is 9. The fourth-order valence-corrected chi connectivity index (χ4v) is 5.43. The first-order valence-corrected chi connectivity index (χ1v) is 14.3. The van der Waals surface area contributed by atoms with Crippen molar-refractivity contribution in [3.8, 4) is 0 Å². The molecule has 16 atom stereocenters. The molecular weight excluding hydrogens is 582 g/mol. The second-order valence-electron chi connectivity index (χ2n) is 12.4. The molecular formula is C26H50NO16+. The summed E-state index contributed by atoms with van der Waals surface area (Å²) in [5.74, 6) is 0. The third kappa shape index (κ3) is 9.20. The Morgan fingerprint density at radius 1 is 0.698 bits per heavy atom. The van der Waals surface area contributed by atoms with E-state index in [1.807, 2.05) is 21.1 Å². The van der Waals surface area contributed by atoms with Crippen LogP contribution in [0.1, 0.15) is 6.92 Å². The molecule has 3 aliphatic rings. The summed E-state index contributed by atoms with van der Waals surface area (Å²) in [6, 6.07) is 0. The number of aliphatic hydroxyl groups is 9. The highest BCUT2D eigenvalue weighted by atomic mass is 16.7. The van der Waals surface area contributed by atoms with Gasteiger partial charge in [0, 0.05) is 7.11 Å². The molecule has 3 aliphatic heterocycles. The van der Waals surface area contributed by atoms with Crippen LogP contribution in [0.5, 0.6) is 0 Å². The van der Waals surface area contributed by atoms with E-state index in [2.05, 4.69) is 0 Å². The third-order valence-electron chi connectivity index (χ3n) is 7.75. The van der Waals surface area contributed by atoms with Crippen LogP contribution < -0.4 is 0 Å². The lowest BCUT2D eigenvalue weighted by molar-refractivity contribution is -0.873. The van der Waals surface area contributed by atoms with Crippen LogP contribution in [-0.2, 0) is 33.2 Å². The van der Waals surface area contributed by atoms with Crippen LogP contribution in [0, 0.1) is 0 Å². The first kappa shape index (κ1) is 36.8. The molecule has 17 heteroatoms. The smallest absolute Gasteiger partial charge is 0.187 e. The Labute approximate surface area is 250 Å². The van der Waals surface area contributed by atoms with Crippen LogP contribution in [0.4, 0.5) is 0 Å². The molecule has 3 rings (SSSR count). The molecule has 0 aliphatic carbocycles. The molecule has 3 saturated heterocycles.